The maximum atomic E-state index is 13.2. The molecule has 10 heteroatoms. The van der Waals surface area contributed by atoms with Gasteiger partial charge in [0.25, 0.3) is 0 Å². The van der Waals surface area contributed by atoms with Crippen molar-refractivity contribution in [3.05, 3.63) is 42.0 Å². The smallest absolute Gasteiger partial charge is 0.416 e. The molecule has 2 aliphatic heterocycles. The van der Waals surface area contributed by atoms with E-state index in [2.05, 4.69) is 5.32 Å². The predicted octanol–water partition coefficient (Wildman–Crippen LogP) is 4.43. The Hall–Kier alpha value is -2.59. The van der Waals surface area contributed by atoms with Crippen molar-refractivity contribution in [1.82, 2.24) is 0 Å². The van der Waals surface area contributed by atoms with Crippen LogP contribution in [0, 0.1) is 0 Å². The van der Waals surface area contributed by atoms with Crippen LogP contribution in [0.3, 0.4) is 0 Å². The van der Waals surface area contributed by atoms with E-state index in [-0.39, 0.29) is 11.4 Å². The Morgan fingerprint density at radius 2 is 1.75 bits per heavy atom. The van der Waals surface area contributed by atoms with Crippen molar-refractivity contribution in [3.8, 4) is 11.5 Å². The average Bonchev–Trinajstić information content (AvgIpc) is 3.02. The number of alkyl halides is 3. The van der Waals surface area contributed by atoms with E-state index in [0.29, 0.717) is 56.7 Å². The molecule has 0 atom stereocenters. The first-order valence-electron chi connectivity index (χ1n) is 10.3. The Kier molecular flexibility index (Phi) is 7.00. The van der Waals surface area contributed by atoms with Crippen LogP contribution in [-0.2, 0) is 15.7 Å². The van der Waals surface area contributed by atoms with E-state index < -0.39 is 17.6 Å². The van der Waals surface area contributed by atoms with Gasteiger partial charge in [0.1, 0.15) is 0 Å². The van der Waals surface area contributed by atoms with Crippen molar-refractivity contribution in [2.75, 3.05) is 55.5 Å². The van der Waals surface area contributed by atoms with Gasteiger partial charge in [0.15, 0.2) is 11.5 Å². The summed E-state index contributed by atoms with van der Waals surface area (Å²) < 4.78 is 56.3. The molecule has 0 radical (unpaired) electrons. The number of amides is 1. The summed E-state index contributed by atoms with van der Waals surface area (Å²) in [6, 6.07) is 8.86. The summed E-state index contributed by atoms with van der Waals surface area (Å²) in [6.07, 6.45) is -3.70. The Morgan fingerprint density at radius 3 is 2.50 bits per heavy atom. The predicted molar refractivity (Wildman–Crippen MR) is 116 cm³/mol. The van der Waals surface area contributed by atoms with Gasteiger partial charge in [-0.3, -0.25) is 4.79 Å². The van der Waals surface area contributed by atoms with E-state index in [0.717, 1.165) is 23.4 Å². The second kappa shape index (κ2) is 9.91. The number of hydrogen-bond acceptors (Lipinski definition) is 6. The number of anilines is 2. The van der Waals surface area contributed by atoms with Gasteiger partial charge < -0.3 is 24.4 Å². The molecule has 172 valence electrons. The molecule has 1 fully saturated rings. The van der Waals surface area contributed by atoms with E-state index in [1.54, 1.807) is 6.07 Å². The quantitative estimate of drug-likeness (QED) is 0.655. The molecule has 32 heavy (non-hydrogen) atoms. The molecule has 1 amide bonds. The lowest BCUT2D eigenvalue weighted by atomic mass is 10.1. The van der Waals surface area contributed by atoms with Crippen molar-refractivity contribution in [2.24, 2.45) is 0 Å². The standard InChI is InChI=1S/C22H23F3N2O4S/c23-22(24,25)15-2-4-18(27-6-10-29-11-7-27)17(12-15)26-21(28)14-32-16-3-5-19-20(13-16)31-9-1-8-30-19/h2-5,12-13H,1,6-11,14H2,(H,26,28). The minimum absolute atomic E-state index is 0.0401. The number of ether oxygens (including phenoxy) is 3. The highest BCUT2D eigenvalue weighted by Gasteiger charge is 2.32. The fourth-order valence-corrected chi connectivity index (χ4v) is 4.19. The molecular weight excluding hydrogens is 445 g/mol. The van der Waals surface area contributed by atoms with Crippen LogP contribution in [0.5, 0.6) is 11.5 Å². The zero-order chi connectivity index (χ0) is 22.6. The number of hydrogen-bond donors (Lipinski definition) is 1. The van der Waals surface area contributed by atoms with Crippen molar-refractivity contribution in [2.45, 2.75) is 17.5 Å². The SMILES string of the molecule is O=C(CSc1ccc2c(c1)OCCCO2)Nc1cc(C(F)(F)F)ccc1N1CCOCC1. The van der Waals surface area contributed by atoms with Crippen LogP contribution in [0.2, 0.25) is 0 Å². The number of carbonyl (C=O) groups is 1. The van der Waals surface area contributed by atoms with Gasteiger partial charge in [-0.1, -0.05) is 0 Å². The van der Waals surface area contributed by atoms with E-state index >= 15 is 0 Å². The summed E-state index contributed by atoms with van der Waals surface area (Å²) >= 11 is 1.28. The monoisotopic (exact) mass is 468 g/mol. The molecular formula is C22H23F3N2O4S. The fraction of sp³-hybridized carbons (Fsp3) is 0.409. The van der Waals surface area contributed by atoms with E-state index in [9.17, 15) is 18.0 Å². The van der Waals surface area contributed by atoms with Crippen LogP contribution < -0.4 is 19.7 Å². The molecule has 2 aromatic carbocycles. The van der Waals surface area contributed by atoms with Gasteiger partial charge >= 0.3 is 6.18 Å². The molecule has 6 nitrogen and oxygen atoms in total. The first-order valence-corrected chi connectivity index (χ1v) is 11.2. The minimum atomic E-state index is -4.50. The highest BCUT2D eigenvalue weighted by molar-refractivity contribution is 8.00. The Balaban J connectivity index is 1.46. The topological polar surface area (TPSA) is 60.0 Å². The van der Waals surface area contributed by atoms with Gasteiger partial charge in [0, 0.05) is 24.4 Å². The zero-order valence-electron chi connectivity index (χ0n) is 17.2. The Bertz CT molecular complexity index is 965. The van der Waals surface area contributed by atoms with Crippen molar-refractivity contribution < 1.29 is 32.2 Å². The summed E-state index contributed by atoms with van der Waals surface area (Å²) in [5.41, 5.74) is -0.110. The maximum absolute atomic E-state index is 13.2. The van der Waals surface area contributed by atoms with Crippen molar-refractivity contribution in [1.29, 1.82) is 0 Å². The van der Waals surface area contributed by atoms with Gasteiger partial charge in [0.05, 0.1) is 49.1 Å². The third-order valence-corrected chi connectivity index (χ3v) is 6.03. The highest BCUT2D eigenvalue weighted by Crippen LogP contribution is 2.37. The normalized spacial score (nSPS) is 16.4. The summed E-state index contributed by atoms with van der Waals surface area (Å²) in [6.45, 7) is 3.19. The molecule has 0 bridgehead atoms. The number of rotatable bonds is 5. The lowest BCUT2D eigenvalue weighted by Crippen LogP contribution is -2.37. The number of carbonyl (C=O) groups excluding carboxylic acids is 1. The summed E-state index contributed by atoms with van der Waals surface area (Å²) in [7, 11) is 0. The lowest BCUT2D eigenvalue weighted by molar-refractivity contribution is -0.137. The van der Waals surface area contributed by atoms with Crippen LogP contribution in [0.25, 0.3) is 0 Å². The average molecular weight is 468 g/mol. The zero-order valence-corrected chi connectivity index (χ0v) is 18.1. The molecule has 0 aromatic heterocycles. The molecule has 4 rings (SSSR count). The first kappa shape index (κ1) is 22.6. The van der Waals surface area contributed by atoms with Crippen LogP contribution in [0.4, 0.5) is 24.5 Å². The lowest BCUT2D eigenvalue weighted by Gasteiger charge is -2.31. The van der Waals surface area contributed by atoms with Crippen molar-refractivity contribution in [3.63, 3.8) is 0 Å². The Morgan fingerprint density at radius 1 is 1.00 bits per heavy atom. The second-order valence-electron chi connectivity index (χ2n) is 7.32. The number of halogens is 3. The number of nitrogens with one attached hydrogen (secondary N) is 1. The van der Waals surface area contributed by atoms with E-state index in [1.165, 1.54) is 17.8 Å². The fourth-order valence-electron chi connectivity index (χ4n) is 3.46. The van der Waals surface area contributed by atoms with E-state index in [1.807, 2.05) is 17.0 Å². The number of fused-ring (bicyclic) bond motifs is 1. The third kappa shape index (κ3) is 5.60. The molecule has 0 aliphatic carbocycles. The molecule has 0 saturated carbocycles. The van der Waals surface area contributed by atoms with Gasteiger partial charge in [0.2, 0.25) is 5.91 Å². The highest BCUT2D eigenvalue weighted by atomic mass is 32.2. The summed E-state index contributed by atoms with van der Waals surface area (Å²) in [4.78, 5) is 15.3. The molecule has 2 heterocycles. The second-order valence-corrected chi connectivity index (χ2v) is 8.37. The van der Waals surface area contributed by atoms with Gasteiger partial charge in [-0.25, -0.2) is 0 Å². The summed E-state index contributed by atoms with van der Waals surface area (Å²) in [5.74, 6) is 0.935. The van der Waals surface area contributed by atoms with Gasteiger partial charge in [-0.2, -0.15) is 13.2 Å². The molecule has 2 aliphatic rings. The molecule has 0 unspecified atom stereocenters. The Labute approximate surface area is 188 Å². The molecule has 1 saturated heterocycles. The third-order valence-electron chi connectivity index (χ3n) is 5.04. The molecule has 1 N–H and O–H groups in total. The number of thioether (sulfide) groups is 1. The van der Waals surface area contributed by atoms with Crippen LogP contribution in [0.15, 0.2) is 41.3 Å². The minimum Gasteiger partial charge on any atom is -0.490 e. The van der Waals surface area contributed by atoms with Gasteiger partial charge in [-0.15, -0.1) is 11.8 Å². The maximum Gasteiger partial charge on any atom is 0.416 e. The van der Waals surface area contributed by atoms with Crippen LogP contribution >= 0.6 is 11.8 Å². The largest absolute Gasteiger partial charge is 0.490 e. The van der Waals surface area contributed by atoms with Crippen LogP contribution in [-0.4, -0.2) is 51.2 Å². The summed E-state index contributed by atoms with van der Waals surface area (Å²) in [5, 5.41) is 2.66. The van der Waals surface area contributed by atoms with E-state index in [4.69, 9.17) is 14.2 Å². The molecule has 0 spiro atoms. The number of nitrogens with zero attached hydrogens (tertiary/aromatic N) is 1. The van der Waals surface area contributed by atoms with Gasteiger partial charge in [-0.05, 0) is 36.4 Å². The van der Waals surface area contributed by atoms with Crippen molar-refractivity contribution >= 4 is 29.0 Å². The number of morpholine rings is 1. The molecule has 2 aromatic rings. The first-order chi connectivity index (χ1) is 15.4. The van der Waals surface area contributed by atoms with Crippen LogP contribution in [0.1, 0.15) is 12.0 Å². The number of benzene rings is 2.